The average molecular weight is 1150 g/mol. The molecule has 0 saturated carbocycles. The largest absolute Gasteiger partial charge is 0.310 e. The molecule has 2 aliphatic heterocycles. The van der Waals surface area contributed by atoms with Crippen LogP contribution < -0.4 is 26.2 Å². The summed E-state index contributed by atoms with van der Waals surface area (Å²) >= 11 is 0. The van der Waals surface area contributed by atoms with Gasteiger partial charge in [-0.05, 0) is 125 Å². The second-order valence-corrected chi connectivity index (χ2v) is 25.1. The van der Waals surface area contributed by atoms with Crippen molar-refractivity contribution in [3.05, 3.63) is 327 Å². The van der Waals surface area contributed by atoms with Crippen molar-refractivity contribution >= 4 is 89.8 Å². The van der Waals surface area contributed by atoms with Gasteiger partial charge in [-0.1, -0.05) is 300 Å². The van der Waals surface area contributed by atoms with Crippen molar-refractivity contribution < 1.29 is 0 Å². The number of hydrogen-bond donors (Lipinski definition) is 0. The number of nitrogens with zero attached hydrogens (tertiary/aromatic N) is 3. The van der Waals surface area contributed by atoms with Gasteiger partial charge in [0, 0.05) is 55.8 Å². The molecular weight excluding hydrogens is 1090 g/mol. The normalized spacial score (nSPS) is 12.5. The molecule has 0 unspecified atom stereocenters. The summed E-state index contributed by atoms with van der Waals surface area (Å²) < 4.78 is 2.58. The van der Waals surface area contributed by atoms with Crippen molar-refractivity contribution in [1.82, 2.24) is 4.57 Å². The average Bonchev–Trinajstić information content (AvgIpc) is 0.917. The first-order valence-corrected chi connectivity index (χ1v) is 31.4. The predicted molar refractivity (Wildman–Crippen MR) is 384 cm³/mol. The van der Waals surface area contributed by atoms with Crippen LogP contribution >= 0.6 is 0 Å². The van der Waals surface area contributed by atoms with E-state index in [0.29, 0.717) is 0 Å². The highest BCUT2D eigenvalue weighted by molar-refractivity contribution is 7.00. The maximum Gasteiger partial charge on any atom is 0.252 e. The zero-order valence-electron chi connectivity index (χ0n) is 50.5. The van der Waals surface area contributed by atoms with Crippen LogP contribution in [-0.2, 0) is 5.41 Å². The standard InChI is InChI=1S/C86H62BN3/c1-86(2,3)66-47-51-76-73(54-66)82-68-39-23-22-38-63(68)44-50-79(82)88(76)67-55-80-83-81(56-67)90(85-71(61-34-18-8-19-35-61)42-25-43-72(85)62-36-20-9-21-37-62)78-49-46-65(58-28-12-5-13-29-58)53-75(78)87(83)74-52-64(57-26-10-4-11-27-57)45-48-77(74)89(80)84-69(59-30-14-6-15-31-59)40-24-41-70(84)60-32-16-7-17-33-60/h4-56H,1-3H3. The molecule has 1 aromatic heterocycles. The van der Waals surface area contributed by atoms with Crippen LogP contribution in [0.2, 0.25) is 0 Å². The summed E-state index contributed by atoms with van der Waals surface area (Å²) in [6, 6.07) is 120. The number of fused-ring (bicyclic) bond motifs is 9. The third-order valence-electron chi connectivity index (χ3n) is 18.9. The van der Waals surface area contributed by atoms with Gasteiger partial charge in [0.25, 0.3) is 6.71 Å². The van der Waals surface area contributed by atoms with Crippen LogP contribution in [0.5, 0.6) is 0 Å². The van der Waals surface area contributed by atoms with Gasteiger partial charge in [-0.15, -0.1) is 0 Å². The maximum absolute atomic E-state index is 2.67. The summed E-state index contributed by atoms with van der Waals surface area (Å²) in [6.07, 6.45) is 0. The highest BCUT2D eigenvalue weighted by Crippen LogP contribution is 2.54. The summed E-state index contributed by atoms with van der Waals surface area (Å²) in [7, 11) is 0. The molecular formula is C86H62BN3. The van der Waals surface area contributed by atoms with Gasteiger partial charge >= 0.3 is 0 Å². The summed E-state index contributed by atoms with van der Waals surface area (Å²) in [4.78, 5) is 5.33. The molecule has 0 saturated heterocycles. The molecule has 4 heteroatoms. The van der Waals surface area contributed by atoms with Gasteiger partial charge < -0.3 is 14.4 Å². The summed E-state index contributed by atoms with van der Waals surface area (Å²) in [6.45, 7) is 6.76. The molecule has 0 N–H and O–H groups in total. The van der Waals surface area contributed by atoms with E-state index in [-0.39, 0.29) is 12.1 Å². The molecule has 3 nitrogen and oxygen atoms in total. The van der Waals surface area contributed by atoms with Crippen molar-refractivity contribution in [2.24, 2.45) is 0 Å². The smallest absolute Gasteiger partial charge is 0.252 e. The molecule has 0 spiro atoms. The maximum atomic E-state index is 2.67. The van der Waals surface area contributed by atoms with Crippen molar-refractivity contribution in [3.8, 4) is 72.4 Å². The Morgan fingerprint density at radius 2 is 0.689 bits per heavy atom. The Hall–Kier alpha value is -11.2. The van der Waals surface area contributed by atoms with E-state index in [9.17, 15) is 0 Å². The minimum atomic E-state index is -0.224. The monoisotopic (exact) mass is 1150 g/mol. The molecule has 2 aliphatic rings. The molecule has 0 amide bonds. The first-order valence-electron chi connectivity index (χ1n) is 31.4. The number of hydrogen-bond acceptors (Lipinski definition) is 2. The third-order valence-corrected chi connectivity index (χ3v) is 18.9. The van der Waals surface area contributed by atoms with Crippen molar-refractivity contribution in [1.29, 1.82) is 0 Å². The Kier molecular flexibility index (Phi) is 12.6. The Morgan fingerprint density at radius 3 is 1.12 bits per heavy atom. The highest BCUT2D eigenvalue weighted by atomic mass is 15.2. The molecule has 0 atom stereocenters. The summed E-state index contributed by atoms with van der Waals surface area (Å²) in [5.41, 5.74) is 28.9. The number of rotatable bonds is 9. The minimum absolute atomic E-state index is 0.0774. The van der Waals surface area contributed by atoms with Gasteiger partial charge in [0.05, 0.1) is 28.1 Å². The van der Waals surface area contributed by atoms with Gasteiger partial charge in [0.15, 0.2) is 0 Å². The predicted octanol–water partition coefficient (Wildman–Crippen LogP) is 21.3. The lowest BCUT2D eigenvalue weighted by atomic mass is 9.33. The van der Waals surface area contributed by atoms with Gasteiger partial charge in [-0.25, -0.2) is 0 Å². The lowest BCUT2D eigenvalue weighted by Gasteiger charge is -2.46. The first kappa shape index (κ1) is 53.1. The highest BCUT2D eigenvalue weighted by Gasteiger charge is 2.46. The Labute approximate surface area is 526 Å². The van der Waals surface area contributed by atoms with Crippen LogP contribution in [0.25, 0.3) is 105 Å². The zero-order valence-corrected chi connectivity index (χ0v) is 50.5. The molecule has 424 valence electrons. The Morgan fingerprint density at radius 1 is 0.289 bits per heavy atom. The molecule has 0 radical (unpaired) electrons. The van der Waals surface area contributed by atoms with Gasteiger partial charge in [-0.2, -0.15) is 0 Å². The lowest BCUT2D eigenvalue weighted by Crippen LogP contribution is -2.61. The van der Waals surface area contributed by atoms with E-state index in [0.717, 1.165) is 95.4 Å². The quantitative estimate of drug-likeness (QED) is 0.133. The fourth-order valence-electron chi connectivity index (χ4n) is 14.7. The van der Waals surface area contributed by atoms with E-state index in [1.54, 1.807) is 0 Å². The van der Waals surface area contributed by atoms with Crippen molar-refractivity contribution in [3.63, 3.8) is 0 Å². The molecule has 0 aliphatic carbocycles. The van der Waals surface area contributed by atoms with E-state index >= 15 is 0 Å². The SMILES string of the molecule is CC(C)(C)c1ccc2c(c1)c1c3ccccc3ccc1n2-c1cc2c3c(c1)N(c1c(-c4ccccc4)cccc1-c1ccccc1)c1ccc(-c4ccccc4)cc1B3c1cc(-c3ccccc3)ccc1N2c1c(-c2ccccc2)cccc1-c1ccccc1. The van der Waals surface area contributed by atoms with Crippen LogP contribution in [0.4, 0.5) is 34.1 Å². The number of aromatic nitrogens is 1. The summed E-state index contributed by atoms with van der Waals surface area (Å²) in [5.74, 6) is 0. The second kappa shape index (κ2) is 21.3. The fourth-order valence-corrected chi connectivity index (χ4v) is 14.7. The fraction of sp³-hybridized carbons (Fsp3) is 0.0465. The van der Waals surface area contributed by atoms with Crippen molar-refractivity contribution in [2.45, 2.75) is 26.2 Å². The van der Waals surface area contributed by atoms with E-state index in [4.69, 9.17) is 0 Å². The van der Waals surface area contributed by atoms with Gasteiger partial charge in [0.2, 0.25) is 0 Å². The molecule has 15 aromatic rings. The minimum Gasteiger partial charge on any atom is -0.310 e. The topological polar surface area (TPSA) is 11.4 Å². The van der Waals surface area contributed by atoms with Crippen molar-refractivity contribution in [2.75, 3.05) is 9.80 Å². The van der Waals surface area contributed by atoms with Crippen LogP contribution in [0.15, 0.2) is 322 Å². The van der Waals surface area contributed by atoms with Crippen LogP contribution in [-0.4, -0.2) is 11.3 Å². The molecule has 14 aromatic carbocycles. The zero-order chi connectivity index (χ0) is 60.0. The van der Waals surface area contributed by atoms with Gasteiger partial charge in [0.1, 0.15) is 0 Å². The molecule has 90 heavy (non-hydrogen) atoms. The Balaban J connectivity index is 1.09. The van der Waals surface area contributed by atoms with E-state index < -0.39 is 0 Å². The van der Waals surface area contributed by atoms with Crippen LogP contribution in [0.1, 0.15) is 26.3 Å². The Bertz CT molecular complexity index is 4910. The third kappa shape index (κ3) is 8.66. The van der Waals surface area contributed by atoms with Crippen LogP contribution in [0, 0.1) is 0 Å². The summed E-state index contributed by atoms with van der Waals surface area (Å²) in [5, 5.41) is 4.96. The van der Waals surface area contributed by atoms with Gasteiger partial charge in [-0.3, -0.25) is 0 Å². The molecule has 0 fully saturated rings. The second-order valence-electron chi connectivity index (χ2n) is 25.1. The number of anilines is 6. The molecule has 17 rings (SSSR count). The lowest BCUT2D eigenvalue weighted by molar-refractivity contribution is 0.591. The van der Waals surface area contributed by atoms with Crippen LogP contribution in [0.3, 0.4) is 0 Å². The molecule has 0 bridgehead atoms. The first-order chi connectivity index (χ1) is 44.3. The molecule has 3 heterocycles. The number of para-hydroxylation sites is 2. The van der Waals surface area contributed by atoms with E-state index in [1.165, 1.54) is 65.8 Å². The van der Waals surface area contributed by atoms with E-state index in [2.05, 4.69) is 357 Å². The number of benzene rings is 14. The van der Waals surface area contributed by atoms with E-state index in [1.807, 2.05) is 0 Å².